The van der Waals surface area contributed by atoms with Gasteiger partial charge in [-0.05, 0) is 53.6 Å². The lowest BCUT2D eigenvalue weighted by atomic mass is 9.88. The summed E-state index contributed by atoms with van der Waals surface area (Å²) in [6.45, 7) is 3.28. The number of nitrogens with one attached hydrogen (secondary N) is 2. The third kappa shape index (κ3) is 2.17. The molecule has 0 amide bonds. The van der Waals surface area contributed by atoms with Gasteiger partial charge < -0.3 is 10.3 Å². The normalized spacial score (nSPS) is 21.4. The number of hydrogen-bond donors (Lipinski definition) is 2. The van der Waals surface area contributed by atoms with E-state index in [0.29, 0.717) is 0 Å². The summed E-state index contributed by atoms with van der Waals surface area (Å²) in [6.07, 6.45) is 1.31. The summed E-state index contributed by atoms with van der Waals surface area (Å²) in [5, 5.41) is 7.42. The monoisotopic (exact) mass is 371 g/mol. The van der Waals surface area contributed by atoms with Crippen molar-refractivity contribution in [2.24, 2.45) is 0 Å². The summed E-state index contributed by atoms with van der Waals surface area (Å²) in [6, 6.07) is 20.0. The van der Waals surface area contributed by atoms with E-state index in [9.17, 15) is 0 Å². The molecule has 2 aromatic heterocycles. The first-order chi connectivity index (χ1) is 13.3. The van der Waals surface area contributed by atoms with Crippen molar-refractivity contribution < 1.29 is 0 Å². The van der Waals surface area contributed by atoms with Crippen LogP contribution in [0, 0.1) is 6.92 Å². The zero-order valence-corrected chi connectivity index (χ0v) is 16.0. The first-order valence-electron chi connectivity index (χ1n) is 9.56. The highest BCUT2D eigenvalue weighted by Crippen LogP contribution is 2.48. The first-order valence-corrected chi connectivity index (χ1v) is 10.4. The zero-order chi connectivity index (χ0) is 18.0. The quantitative estimate of drug-likeness (QED) is 0.456. The molecule has 2 aromatic carbocycles. The minimum absolute atomic E-state index is 0.226. The van der Waals surface area contributed by atoms with E-state index >= 15 is 0 Å². The minimum Gasteiger partial charge on any atom is -0.365 e. The van der Waals surface area contributed by atoms with Gasteiger partial charge in [0.05, 0.1) is 6.04 Å². The molecule has 2 aliphatic heterocycles. The smallest absolute Gasteiger partial charge is 0.116 e. The van der Waals surface area contributed by atoms with Crippen LogP contribution in [0.1, 0.15) is 39.5 Å². The van der Waals surface area contributed by atoms with Crippen LogP contribution in [0.5, 0.6) is 0 Å². The van der Waals surface area contributed by atoms with E-state index in [2.05, 4.69) is 82.1 Å². The van der Waals surface area contributed by atoms with Gasteiger partial charge in [-0.25, -0.2) is 0 Å². The predicted molar refractivity (Wildman–Crippen MR) is 112 cm³/mol. The predicted octanol–water partition coefficient (Wildman–Crippen LogP) is 5.61. The summed E-state index contributed by atoms with van der Waals surface area (Å²) < 4.78 is 0. The average molecular weight is 372 g/mol. The topological polar surface area (TPSA) is 31.1 Å². The van der Waals surface area contributed by atoms with Gasteiger partial charge in [0.15, 0.2) is 0 Å². The van der Waals surface area contributed by atoms with E-state index < -0.39 is 0 Å². The van der Waals surface area contributed by atoms with E-state index in [1.807, 2.05) is 11.3 Å². The second kappa shape index (κ2) is 5.72. The number of H-pyrrole nitrogens is 1. The maximum atomic E-state index is 3.83. The molecule has 0 aliphatic carbocycles. The number of aromatic amines is 1. The standard InChI is InChI=1S/C23H21N3S/c1-14-11-13-27-22(14)23-25-19-9-5-3-7-17(19)21-20-16(10-12-26(21)23)15-6-2-4-8-18(15)24-20/h2-9,11,13,21,23-25H,10,12H2,1H3. The lowest BCUT2D eigenvalue weighted by Crippen LogP contribution is -2.45. The zero-order valence-electron chi connectivity index (χ0n) is 15.2. The summed E-state index contributed by atoms with van der Waals surface area (Å²) in [5.74, 6) is 0. The first kappa shape index (κ1) is 15.5. The molecule has 2 N–H and O–H groups in total. The van der Waals surface area contributed by atoms with Crippen molar-refractivity contribution in [1.29, 1.82) is 0 Å². The van der Waals surface area contributed by atoms with Crippen LogP contribution in [-0.4, -0.2) is 16.4 Å². The highest BCUT2D eigenvalue weighted by molar-refractivity contribution is 7.10. The second-order valence-corrected chi connectivity index (χ2v) is 8.50. The number of aromatic nitrogens is 1. The maximum Gasteiger partial charge on any atom is 0.116 e. The third-order valence-corrected chi connectivity index (χ3v) is 7.17. The molecule has 4 heterocycles. The number of thiophene rings is 1. The molecule has 6 rings (SSSR count). The molecule has 27 heavy (non-hydrogen) atoms. The number of hydrogen-bond acceptors (Lipinski definition) is 3. The number of fused-ring (bicyclic) bond motifs is 7. The van der Waals surface area contributed by atoms with Crippen LogP contribution in [0.2, 0.25) is 0 Å². The van der Waals surface area contributed by atoms with E-state index in [1.165, 1.54) is 43.9 Å². The SMILES string of the molecule is Cc1ccsc1C1Nc2ccccc2C2c3[nH]c4ccccc4c3CCN12. The van der Waals surface area contributed by atoms with Gasteiger partial charge in [0.2, 0.25) is 0 Å². The molecule has 0 saturated heterocycles. The Hall–Kier alpha value is -2.56. The lowest BCUT2D eigenvalue weighted by Gasteiger charge is -2.46. The average Bonchev–Trinajstić information content (AvgIpc) is 3.30. The highest BCUT2D eigenvalue weighted by Gasteiger charge is 2.41. The van der Waals surface area contributed by atoms with Crippen molar-refractivity contribution in [3.05, 3.63) is 87.2 Å². The van der Waals surface area contributed by atoms with Crippen molar-refractivity contribution in [3.63, 3.8) is 0 Å². The summed E-state index contributed by atoms with van der Waals surface area (Å²) in [7, 11) is 0. The molecule has 2 unspecified atom stereocenters. The molecular weight excluding hydrogens is 350 g/mol. The Bertz CT molecular complexity index is 1160. The van der Waals surface area contributed by atoms with Crippen molar-refractivity contribution >= 4 is 27.9 Å². The minimum atomic E-state index is 0.226. The number of para-hydroxylation sites is 2. The summed E-state index contributed by atoms with van der Waals surface area (Å²) in [4.78, 5) is 7.83. The second-order valence-electron chi connectivity index (χ2n) is 7.56. The third-order valence-electron chi connectivity index (χ3n) is 6.10. The Morgan fingerprint density at radius 2 is 1.89 bits per heavy atom. The fraction of sp³-hybridized carbons (Fsp3) is 0.217. The van der Waals surface area contributed by atoms with Crippen molar-refractivity contribution in [2.45, 2.75) is 25.6 Å². The van der Waals surface area contributed by atoms with Gasteiger partial charge in [-0.1, -0.05) is 36.4 Å². The van der Waals surface area contributed by atoms with Crippen LogP contribution >= 0.6 is 11.3 Å². The van der Waals surface area contributed by atoms with Crippen LogP contribution in [0.15, 0.2) is 60.0 Å². The number of nitrogens with zero attached hydrogens (tertiary/aromatic N) is 1. The molecular formula is C23H21N3S. The molecule has 0 bridgehead atoms. The lowest BCUT2D eigenvalue weighted by molar-refractivity contribution is 0.153. The van der Waals surface area contributed by atoms with Gasteiger partial charge in [-0.2, -0.15) is 0 Å². The molecule has 0 radical (unpaired) electrons. The van der Waals surface area contributed by atoms with Gasteiger partial charge >= 0.3 is 0 Å². The van der Waals surface area contributed by atoms with E-state index in [-0.39, 0.29) is 12.2 Å². The molecule has 4 heteroatoms. The number of anilines is 1. The maximum absolute atomic E-state index is 3.83. The molecule has 4 aromatic rings. The Kier molecular flexibility index (Phi) is 3.28. The van der Waals surface area contributed by atoms with Gasteiger partial charge in [-0.3, -0.25) is 4.90 Å². The van der Waals surface area contributed by atoms with Crippen molar-refractivity contribution in [2.75, 3.05) is 11.9 Å². The fourth-order valence-electron chi connectivity index (χ4n) is 4.85. The number of rotatable bonds is 1. The summed E-state index contributed by atoms with van der Waals surface area (Å²) >= 11 is 1.86. The Morgan fingerprint density at radius 3 is 2.78 bits per heavy atom. The molecule has 2 atom stereocenters. The molecule has 0 fully saturated rings. The fourth-order valence-corrected chi connectivity index (χ4v) is 5.85. The van der Waals surface area contributed by atoms with Crippen LogP contribution in [0.4, 0.5) is 5.69 Å². The number of benzene rings is 2. The van der Waals surface area contributed by atoms with Crippen molar-refractivity contribution in [1.82, 2.24) is 9.88 Å². The largest absolute Gasteiger partial charge is 0.365 e. The van der Waals surface area contributed by atoms with E-state index in [4.69, 9.17) is 0 Å². The van der Waals surface area contributed by atoms with E-state index in [1.54, 1.807) is 0 Å². The van der Waals surface area contributed by atoms with Gasteiger partial charge in [-0.15, -0.1) is 11.3 Å². The number of aryl methyl sites for hydroxylation is 1. The summed E-state index contributed by atoms with van der Waals surface area (Å²) in [5.41, 5.74) is 8.11. The van der Waals surface area contributed by atoms with Crippen LogP contribution in [0.3, 0.4) is 0 Å². The highest BCUT2D eigenvalue weighted by atomic mass is 32.1. The van der Waals surface area contributed by atoms with Gasteiger partial charge in [0, 0.05) is 33.7 Å². The Labute approximate surface area is 162 Å². The molecule has 0 saturated carbocycles. The van der Waals surface area contributed by atoms with Crippen molar-refractivity contribution in [3.8, 4) is 0 Å². The Balaban J connectivity index is 1.59. The molecule has 134 valence electrons. The molecule has 3 nitrogen and oxygen atoms in total. The Morgan fingerprint density at radius 1 is 1.04 bits per heavy atom. The van der Waals surface area contributed by atoms with Crippen LogP contribution in [0.25, 0.3) is 10.9 Å². The van der Waals surface area contributed by atoms with Crippen LogP contribution < -0.4 is 5.32 Å². The van der Waals surface area contributed by atoms with Crippen LogP contribution in [-0.2, 0) is 6.42 Å². The molecule has 0 spiro atoms. The van der Waals surface area contributed by atoms with E-state index in [0.717, 1.165) is 13.0 Å². The van der Waals surface area contributed by atoms with Gasteiger partial charge in [0.25, 0.3) is 0 Å². The van der Waals surface area contributed by atoms with Gasteiger partial charge in [0.1, 0.15) is 6.17 Å². The molecule has 2 aliphatic rings.